The molecular formula is C22H26N2O3. The van der Waals surface area contributed by atoms with Gasteiger partial charge in [-0.3, -0.25) is 4.79 Å². The number of nitrogens with zero attached hydrogens (tertiary/aromatic N) is 2. The smallest absolute Gasteiger partial charge is 0.223 e. The van der Waals surface area contributed by atoms with E-state index in [2.05, 4.69) is 24.1 Å². The summed E-state index contributed by atoms with van der Waals surface area (Å²) >= 11 is 0. The van der Waals surface area contributed by atoms with Gasteiger partial charge in [-0.2, -0.15) is 0 Å². The molecule has 4 rings (SSSR count). The van der Waals surface area contributed by atoms with Crippen LogP contribution < -0.4 is 9.47 Å². The summed E-state index contributed by atoms with van der Waals surface area (Å²) in [5, 5.41) is 0. The molecule has 2 aromatic carbocycles. The molecule has 1 unspecified atom stereocenters. The summed E-state index contributed by atoms with van der Waals surface area (Å²) < 4.78 is 11.2. The lowest BCUT2D eigenvalue weighted by molar-refractivity contribution is -0.136. The molecule has 5 heteroatoms. The van der Waals surface area contributed by atoms with E-state index in [9.17, 15) is 4.79 Å². The Kier molecular flexibility index (Phi) is 5.30. The molecule has 1 saturated heterocycles. The van der Waals surface area contributed by atoms with E-state index in [4.69, 9.17) is 9.47 Å². The van der Waals surface area contributed by atoms with Crippen LogP contribution in [0, 0.1) is 0 Å². The van der Waals surface area contributed by atoms with Gasteiger partial charge in [-0.15, -0.1) is 0 Å². The molecule has 2 heterocycles. The molecule has 142 valence electrons. The number of benzene rings is 2. The number of aryl methyl sites for hydroxylation is 1. The van der Waals surface area contributed by atoms with Crippen molar-refractivity contribution in [3.8, 4) is 11.5 Å². The fourth-order valence-electron chi connectivity index (χ4n) is 3.82. The maximum Gasteiger partial charge on any atom is 0.223 e. The van der Waals surface area contributed by atoms with Gasteiger partial charge in [0.25, 0.3) is 0 Å². The summed E-state index contributed by atoms with van der Waals surface area (Å²) in [6, 6.07) is 16.4. The van der Waals surface area contributed by atoms with E-state index in [1.807, 2.05) is 41.3 Å². The van der Waals surface area contributed by atoms with Gasteiger partial charge in [0.05, 0.1) is 6.04 Å². The van der Waals surface area contributed by atoms with Crippen LogP contribution in [-0.4, -0.2) is 55.6 Å². The molecular weight excluding hydrogens is 340 g/mol. The summed E-state index contributed by atoms with van der Waals surface area (Å²) in [5.74, 6) is 1.79. The number of piperazine rings is 1. The quantitative estimate of drug-likeness (QED) is 0.834. The van der Waals surface area contributed by atoms with Gasteiger partial charge in [0, 0.05) is 26.1 Å². The Bertz CT molecular complexity index is 793. The van der Waals surface area contributed by atoms with Crippen LogP contribution in [-0.2, 0) is 11.2 Å². The number of ether oxygens (including phenoxy) is 2. The number of amides is 1. The lowest BCUT2D eigenvalue weighted by Crippen LogP contribution is -2.49. The zero-order valence-electron chi connectivity index (χ0n) is 15.8. The van der Waals surface area contributed by atoms with E-state index >= 15 is 0 Å². The van der Waals surface area contributed by atoms with Crippen LogP contribution >= 0.6 is 0 Å². The highest BCUT2D eigenvalue weighted by Crippen LogP contribution is 2.31. The minimum Gasteiger partial charge on any atom is -0.486 e. The molecule has 2 aliphatic heterocycles. The minimum atomic E-state index is 0.123. The first-order chi connectivity index (χ1) is 13.2. The number of fused-ring (bicyclic) bond motifs is 1. The van der Waals surface area contributed by atoms with Crippen molar-refractivity contribution in [2.75, 3.05) is 39.9 Å². The summed E-state index contributed by atoms with van der Waals surface area (Å²) in [5.41, 5.74) is 2.31. The van der Waals surface area contributed by atoms with Crippen LogP contribution in [0.4, 0.5) is 0 Å². The van der Waals surface area contributed by atoms with Gasteiger partial charge >= 0.3 is 0 Å². The maximum absolute atomic E-state index is 13.0. The van der Waals surface area contributed by atoms with Crippen molar-refractivity contribution in [1.82, 2.24) is 9.80 Å². The van der Waals surface area contributed by atoms with Crippen molar-refractivity contribution in [3.63, 3.8) is 0 Å². The molecule has 27 heavy (non-hydrogen) atoms. The van der Waals surface area contributed by atoms with E-state index in [1.54, 1.807) is 0 Å². The van der Waals surface area contributed by atoms with E-state index in [0.29, 0.717) is 26.1 Å². The van der Waals surface area contributed by atoms with Gasteiger partial charge in [-0.25, -0.2) is 0 Å². The Hall–Kier alpha value is -2.53. The Balaban J connectivity index is 1.43. The predicted molar refractivity (Wildman–Crippen MR) is 104 cm³/mol. The van der Waals surface area contributed by atoms with Crippen molar-refractivity contribution in [2.45, 2.75) is 18.9 Å². The average molecular weight is 366 g/mol. The largest absolute Gasteiger partial charge is 0.486 e. The molecule has 0 aromatic heterocycles. The maximum atomic E-state index is 13.0. The minimum absolute atomic E-state index is 0.123. The summed E-state index contributed by atoms with van der Waals surface area (Å²) in [6.07, 6.45) is 1.22. The number of rotatable bonds is 4. The molecule has 0 saturated carbocycles. The standard InChI is InChI=1S/C22H26N2O3/c1-23-11-12-24(19(16-23)18-5-3-2-4-6-18)22(25)10-8-17-7-9-20-21(15-17)27-14-13-26-20/h2-7,9,15,19H,8,10-14,16H2,1H3. The number of hydrogen-bond acceptors (Lipinski definition) is 4. The topological polar surface area (TPSA) is 42.0 Å². The van der Waals surface area contributed by atoms with Gasteiger partial charge in [0.15, 0.2) is 11.5 Å². The van der Waals surface area contributed by atoms with E-state index in [1.165, 1.54) is 5.56 Å². The highest BCUT2D eigenvalue weighted by molar-refractivity contribution is 5.77. The zero-order chi connectivity index (χ0) is 18.6. The number of carbonyl (C=O) groups is 1. The lowest BCUT2D eigenvalue weighted by atomic mass is 10.0. The molecule has 0 N–H and O–H groups in total. The molecule has 2 aromatic rings. The van der Waals surface area contributed by atoms with Crippen molar-refractivity contribution in [2.24, 2.45) is 0 Å². The fourth-order valence-corrected chi connectivity index (χ4v) is 3.82. The summed E-state index contributed by atoms with van der Waals surface area (Å²) in [6.45, 7) is 3.74. The Morgan fingerprint density at radius 3 is 2.63 bits per heavy atom. The van der Waals surface area contributed by atoms with Gasteiger partial charge in [0.1, 0.15) is 13.2 Å². The van der Waals surface area contributed by atoms with Crippen molar-refractivity contribution in [3.05, 3.63) is 59.7 Å². The Labute approximate surface area is 160 Å². The van der Waals surface area contributed by atoms with E-state index in [-0.39, 0.29) is 11.9 Å². The first-order valence-corrected chi connectivity index (χ1v) is 9.62. The molecule has 5 nitrogen and oxygen atoms in total. The van der Waals surface area contributed by atoms with Crippen molar-refractivity contribution >= 4 is 5.91 Å². The van der Waals surface area contributed by atoms with Crippen LogP contribution in [0.1, 0.15) is 23.6 Å². The first-order valence-electron chi connectivity index (χ1n) is 9.62. The predicted octanol–water partition coefficient (Wildman–Crippen LogP) is 2.91. The third-order valence-corrected chi connectivity index (χ3v) is 5.32. The van der Waals surface area contributed by atoms with Crippen LogP contribution in [0.25, 0.3) is 0 Å². The second-order valence-corrected chi connectivity index (χ2v) is 7.25. The molecule has 1 fully saturated rings. The molecule has 2 aliphatic rings. The molecule has 0 aliphatic carbocycles. The van der Waals surface area contributed by atoms with Gasteiger partial charge < -0.3 is 19.3 Å². The summed E-state index contributed by atoms with van der Waals surface area (Å²) in [4.78, 5) is 17.3. The third kappa shape index (κ3) is 4.08. The molecule has 0 spiro atoms. The second kappa shape index (κ2) is 8.01. The van der Waals surface area contributed by atoms with Crippen LogP contribution in [0.2, 0.25) is 0 Å². The van der Waals surface area contributed by atoms with Crippen LogP contribution in [0.3, 0.4) is 0 Å². The van der Waals surface area contributed by atoms with Crippen LogP contribution in [0.15, 0.2) is 48.5 Å². The van der Waals surface area contributed by atoms with Crippen molar-refractivity contribution in [1.29, 1.82) is 0 Å². The number of likely N-dealkylation sites (N-methyl/N-ethyl adjacent to an activating group) is 1. The highest BCUT2D eigenvalue weighted by atomic mass is 16.6. The highest BCUT2D eigenvalue weighted by Gasteiger charge is 2.29. The third-order valence-electron chi connectivity index (χ3n) is 5.32. The number of carbonyl (C=O) groups excluding carboxylic acids is 1. The molecule has 0 bridgehead atoms. The normalized spacial score (nSPS) is 19.7. The molecule has 0 radical (unpaired) electrons. The van der Waals surface area contributed by atoms with Crippen molar-refractivity contribution < 1.29 is 14.3 Å². The van der Waals surface area contributed by atoms with Crippen LogP contribution in [0.5, 0.6) is 11.5 Å². The SMILES string of the molecule is CN1CCN(C(=O)CCc2ccc3c(c2)OCCO3)C(c2ccccc2)C1. The Morgan fingerprint density at radius 1 is 1.04 bits per heavy atom. The molecule has 1 atom stereocenters. The Morgan fingerprint density at radius 2 is 1.81 bits per heavy atom. The van der Waals surface area contributed by atoms with E-state index < -0.39 is 0 Å². The molecule has 1 amide bonds. The van der Waals surface area contributed by atoms with Gasteiger partial charge in [-0.1, -0.05) is 36.4 Å². The monoisotopic (exact) mass is 366 g/mol. The number of hydrogen-bond donors (Lipinski definition) is 0. The first kappa shape index (κ1) is 17.9. The lowest BCUT2D eigenvalue weighted by Gasteiger charge is -2.40. The zero-order valence-corrected chi connectivity index (χ0v) is 15.8. The van der Waals surface area contributed by atoms with Gasteiger partial charge in [-0.05, 0) is 36.7 Å². The average Bonchev–Trinajstić information content (AvgIpc) is 2.72. The van der Waals surface area contributed by atoms with E-state index in [0.717, 1.165) is 36.7 Å². The summed E-state index contributed by atoms with van der Waals surface area (Å²) in [7, 11) is 2.12. The second-order valence-electron chi connectivity index (χ2n) is 7.25. The van der Waals surface area contributed by atoms with Gasteiger partial charge in [0.2, 0.25) is 5.91 Å². The fraction of sp³-hybridized carbons (Fsp3) is 0.409.